The zero-order valence-electron chi connectivity index (χ0n) is 8.62. The minimum Gasteiger partial charge on any atom is -0.462 e. The number of nitrogen functional groups attached to an aromatic ring is 1. The van der Waals surface area contributed by atoms with Gasteiger partial charge in [0, 0.05) is 13.7 Å². The Morgan fingerprint density at radius 1 is 1.56 bits per heavy atom. The molecular weight excluding hydrogens is 337 g/mol. The van der Waals surface area contributed by atoms with E-state index in [1.807, 2.05) is 18.2 Å². The summed E-state index contributed by atoms with van der Waals surface area (Å²) in [7, 11) is 0. The molecule has 0 aliphatic rings. The van der Waals surface area contributed by atoms with E-state index in [4.69, 9.17) is 10.5 Å². The lowest BCUT2D eigenvalue weighted by Gasteiger charge is -1.99. The zero-order chi connectivity index (χ0) is 11.7. The van der Waals surface area contributed by atoms with E-state index in [2.05, 4.69) is 22.6 Å². The van der Waals surface area contributed by atoms with Gasteiger partial charge in [0.2, 0.25) is 0 Å². The highest BCUT2D eigenvalue weighted by Gasteiger charge is 2.18. The summed E-state index contributed by atoms with van der Waals surface area (Å²) in [5, 5.41) is 0.955. The van der Waals surface area contributed by atoms with E-state index in [1.165, 1.54) is 11.3 Å². The third kappa shape index (κ3) is 1.89. The second-order valence-corrected chi connectivity index (χ2v) is 5.39. The number of carbonyl (C=O) groups is 1. The molecule has 3 nitrogen and oxygen atoms in total. The standard InChI is InChI=1S/C11H10INO2S/c1-2-15-11(14)10-9(13)8-6(12)4-3-5-7(8)16-10/h3-5H,2,13H2,1H3. The molecular formula is C11H10INO2S. The number of hydrogen-bond donors (Lipinski definition) is 1. The number of fused-ring (bicyclic) bond motifs is 1. The maximum atomic E-state index is 11.7. The monoisotopic (exact) mass is 347 g/mol. The van der Waals surface area contributed by atoms with Crippen molar-refractivity contribution in [1.82, 2.24) is 0 Å². The number of esters is 1. The molecule has 1 heterocycles. The Kier molecular flexibility index (Phi) is 3.34. The fourth-order valence-corrected chi connectivity index (χ4v) is 3.49. The highest BCUT2D eigenvalue weighted by atomic mass is 127. The highest BCUT2D eigenvalue weighted by Crippen LogP contribution is 2.36. The Morgan fingerprint density at radius 2 is 2.31 bits per heavy atom. The van der Waals surface area contributed by atoms with Crippen LogP contribution >= 0.6 is 33.9 Å². The molecule has 0 radical (unpaired) electrons. The summed E-state index contributed by atoms with van der Waals surface area (Å²) in [5.41, 5.74) is 6.51. The molecule has 2 rings (SSSR count). The van der Waals surface area contributed by atoms with Gasteiger partial charge in [-0.3, -0.25) is 0 Å². The molecule has 5 heteroatoms. The van der Waals surface area contributed by atoms with Crippen LogP contribution in [0.1, 0.15) is 16.6 Å². The van der Waals surface area contributed by atoms with E-state index in [1.54, 1.807) is 6.92 Å². The molecule has 1 aromatic heterocycles. The van der Waals surface area contributed by atoms with Crippen molar-refractivity contribution >= 4 is 55.7 Å². The summed E-state index contributed by atoms with van der Waals surface area (Å²) in [6.07, 6.45) is 0. The van der Waals surface area contributed by atoms with E-state index in [0.29, 0.717) is 17.2 Å². The SMILES string of the molecule is CCOC(=O)c1sc2cccc(I)c2c1N. The van der Waals surface area contributed by atoms with Gasteiger partial charge < -0.3 is 10.5 Å². The van der Waals surface area contributed by atoms with Crippen molar-refractivity contribution < 1.29 is 9.53 Å². The number of halogens is 1. The number of hydrogen-bond acceptors (Lipinski definition) is 4. The molecule has 16 heavy (non-hydrogen) atoms. The Balaban J connectivity index is 2.61. The third-order valence-electron chi connectivity index (χ3n) is 2.16. The van der Waals surface area contributed by atoms with E-state index < -0.39 is 0 Å². The summed E-state index contributed by atoms with van der Waals surface area (Å²) in [4.78, 5) is 12.2. The maximum absolute atomic E-state index is 11.7. The first-order chi connectivity index (χ1) is 7.65. The van der Waals surface area contributed by atoms with E-state index in [-0.39, 0.29) is 5.97 Å². The normalized spacial score (nSPS) is 10.6. The molecule has 0 saturated carbocycles. The summed E-state index contributed by atoms with van der Waals surface area (Å²) < 4.78 is 7.04. The van der Waals surface area contributed by atoms with Gasteiger partial charge in [0.15, 0.2) is 0 Å². The van der Waals surface area contributed by atoms with Crippen LogP contribution in [0.2, 0.25) is 0 Å². The van der Waals surface area contributed by atoms with Crippen molar-refractivity contribution in [3.8, 4) is 0 Å². The molecule has 0 atom stereocenters. The summed E-state index contributed by atoms with van der Waals surface area (Å²) in [6, 6.07) is 5.89. The Bertz CT molecular complexity index is 550. The van der Waals surface area contributed by atoms with Crippen LogP contribution in [0.3, 0.4) is 0 Å². The quantitative estimate of drug-likeness (QED) is 0.670. The maximum Gasteiger partial charge on any atom is 0.350 e. The van der Waals surface area contributed by atoms with Gasteiger partial charge in [-0.15, -0.1) is 11.3 Å². The van der Waals surface area contributed by atoms with Crippen LogP contribution in [0.25, 0.3) is 10.1 Å². The minimum atomic E-state index is -0.336. The van der Waals surface area contributed by atoms with Crippen LogP contribution < -0.4 is 5.73 Å². The predicted octanol–water partition coefficient (Wildman–Crippen LogP) is 3.26. The summed E-state index contributed by atoms with van der Waals surface area (Å²) in [6.45, 7) is 2.15. The van der Waals surface area contributed by atoms with Crippen LogP contribution in [-0.2, 0) is 4.74 Å². The van der Waals surface area contributed by atoms with E-state index in [9.17, 15) is 4.79 Å². The van der Waals surface area contributed by atoms with Crippen molar-refractivity contribution in [2.45, 2.75) is 6.92 Å². The van der Waals surface area contributed by atoms with E-state index in [0.717, 1.165) is 13.7 Å². The molecule has 0 aliphatic heterocycles. The fraction of sp³-hybridized carbons (Fsp3) is 0.182. The lowest BCUT2D eigenvalue weighted by molar-refractivity contribution is 0.0533. The molecule has 84 valence electrons. The summed E-state index contributed by atoms with van der Waals surface area (Å²) >= 11 is 3.60. The number of anilines is 1. The number of rotatable bonds is 2. The lowest BCUT2D eigenvalue weighted by atomic mass is 10.2. The van der Waals surface area contributed by atoms with Crippen LogP contribution in [0.15, 0.2) is 18.2 Å². The zero-order valence-corrected chi connectivity index (χ0v) is 11.6. The molecule has 0 bridgehead atoms. The van der Waals surface area contributed by atoms with Gasteiger partial charge in [-0.05, 0) is 41.6 Å². The Hall–Kier alpha value is -0.820. The van der Waals surface area contributed by atoms with Gasteiger partial charge in [0.05, 0.1) is 12.3 Å². The van der Waals surface area contributed by atoms with E-state index >= 15 is 0 Å². The smallest absolute Gasteiger partial charge is 0.350 e. The number of carbonyl (C=O) groups excluding carboxylic acids is 1. The average Bonchev–Trinajstić information content (AvgIpc) is 2.58. The first-order valence-corrected chi connectivity index (χ1v) is 6.68. The number of thiophene rings is 1. The fourth-order valence-electron chi connectivity index (χ4n) is 1.48. The van der Waals surface area contributed by atoms with Crippen molar-refractivity contribution in [3.05, 3.63) is 26.6 Å². The van der Waals surface area contributed by atoms with Crippen molar-refractivity contribution in [2.24, 2.45) is 0 Å². The minimum absolute atomic E-state index is 0.336. The van der Waals surface area contributed by atoms with Crippen LogP contribution in [0, 0.1) is 3.57 Å². The van der Waals surface area contributed by atoms with Gasteiger partial charge in [0.1, 0.15) is 4.88 Å². The molecule has 0 aliphatic carbocycles. The molecule has 2 aromatic rings. The highest BCUT2D eigenvalue weighted by molar-refractivity contribution is 14.1. The van der Waals surface area contributed by atoms with Crippen molar-refractivity contribution in [1.29, 1.82) is 0 Å². The van der Waals surface area contributed by atoms with Crippen molar-refractivity contribution in [3.63, 3.8) is 0 Å². The number of ether oxygens (including phenoxy) is 1. The predicted molar refractivity (Wildman–Crippen MR) is 74.9 cm³/mol. The van der Waals surface area contributed by atoms with Crippen LogP contribution in [0.5, 0.6) is 0 Å². The molecule has 0 amide bonds. The molecule has 0 unspecified atom stereocenters. The number of nitrogens with two attached hydrogens (primary N) is 1. The van der Waals surface area contributed by atoms with Crippen LogP contribution in [0.4, 0.5) is 5.69 Å². The van der Waals surface area contributed by atoms with Gasteiger partial charge in [-0.1, -0.05) is 6.07 Å². The van der Waals surface area contributed by atoms with Gasteiger partial charge in [-0.25, -0.2) is 4.79 Å². The molecule has 0 fully saturated rings. The van der Waals surface area contributed by atoms with Gasteiger partial charge in [-0.2, -0.15) is 0 Å². The Labute approximate surface area is 111 Å². The summed E-state index contributed by atoms with van der Waals surface area (Å²) in [5.74, 6) is -0.336. The van der Waals surface area contributed by atoms with Gasteiger partial charge in [0.25, 0.3) is 0 Å². The van der Waals surface area contributed by atoms with Crippen LogP contribution in [-0.4, -0.2) is 12.6 Å². The second kappa shape index (κ2) is 4.58. The molecule has 0 saturated heterocycles. The number of benzene rings is 1. The molecule has 2 N–H and O–H groups in total. The Morgan fingerprint density at radius 3 is 2.94 bits per heavy atom. The third-order valence-corrected chi connectivity index (χ3v) is 4.21. The average molecular weight is 347 g/mol. The van der Waals surface area contributed by atoms with Crippen molar-refractivity contribution in [2.75, 3.05) is 12.3 Å². The first-order valence-electron chi connectivity index (χ1n) is 4.78. The lowest BCUT2D eigenvalue weighted by Crippen LogP contribution is -2.04. The molecule has 0 spiro atoms. The van der Waals surface area contributed by atoms with Gasteiger partial charge >= 0.3 is 5.97 Å². The first kappa shape index (κ1) is 11.7. The largest absolute Gasteiger partial charge is 0.462 e. The second-order valence-electron chi connectivity index (χ2n) is 3.18. The topological polar surface area (TPSA) is 52.3 Å². The molecule has 1 aromatic carbocycles.